The Balaban J connectivity index is 2.37. The van der Waals surface area contributed by atoms with E-state index in [2.05, 4.69) is 0 Å². The van der Waals surface area contributed by atoms with Crippen molar-refractivity contribution in [3.63, 3.8) is 0 Å². The second-order valence-corrected chi connectivity index (χ2v) is 4.40. The van der Waals surface area contributed by atoms with Gasteiger partial charge in [0.15, 0.2) is 0 Å². The van der Waals surface area contributed by atoms with Gasteiger partial charge in [-0.15, -0.1) is 0 Å². The van der Waals surface area contributed by atoms with Gasteiger partial charge in [-0.1, -0.05) is 0 Å². The first-order valence-electron chi connectivity index (χ1n) is 5.57. The molecule has 1 aliphatic rings. The molecule has 0 aromatic heterocycles. The Kier molecular flexibility index (Phi) is 5.01. The molecule has 16 heavy (non-hydrogen) atoms. The van der Waals surface area contributed by atoms with Gasteiger partial charge >= 0.3 is 6.18 Å². The lowest BCUT2D eigenvalue weighted by atomic mass is 10.1. The van der Waals surface area contributed by atoms with Crippen molar-refractivity contribution in [1.82, 2.24) is 4.90 Å². The molecule has 0 spiro atoms. The lowest BCUT2D eigenvalue weighted by Crippen LogP contribution is -2.40. The van der Waals surface area contributed by atoms with Crippen molar-refractivity contribution in [2.24, 2.45) is 17.6 Å². The van der Waals surface area contributed by atoms with E-state index in [9.17, 15) is 13.2 Å². The molecule has 0 aliphatic carbocycles. The quantitative estimate of drug-likeness (QED) is 0.748. The first-order chi connectivity index (χ1) is 7.47. The Morgan fingerprint density at radius 1 is 1.44 bits per heavy atom. The van der Waals surface area contributed by atoms with Crippen LogP contribution in [-0.2, 0) is 0 Å². The van der Waals surface area contributed by atoms with Crippen LogP contribution in [0.1, 0.15) is 12.8 Å². The van der Waals surface area contributed by atoms with Gasteiger partial charge < -0.3 is 15.7 Å². The molecule has 1 fully saturated rings. The number of nitrogens with two attached hydrogens (primary N) is 1. The smallest absolute Gasteiger partial charge is 0.394 e. The van der Waals surface area contributed by atoms with Crippen molar-refractivity contribution in [2.45, 2.75) is 19.0 Å². The summed E-state index contributed by atoms with van der Waals surface area (Å²) < 4.78 is 37.4. The molecule has 1 rings (SSSR count). The van der Waals surface area contributed by atoms with Gasteiger partial charge in [-0.25, -0.2) is 0 Å². The number of rotatable bonds is 5. The van der Waals surface area contributed by atoms with Crippen LogP contribution in [-0.4, -0.2) is 49.0 Å². The van der Waals surface area contributed by atoms with Gasteiger partial charge in [-0.3, -0.25) is 0 Å². The van der Waals surface area contributed by atoms with E-state index in [1.807, 2.05) is 0 Å². The fraction of sp³-hybridized carbons (Fsp3) is 1.00. The number of aliphatic hydroxyl groups excluding tert-OH is 1. The SMILES string of the molecule is NCC(CN1CCC(CCO)C1)C(F)(F)F. The fourth-order valence-corrected chi connectivity index (χ4v) is 2.12. The van der Waals surface area contributed by atoms with E-state index in [1.54, 1.807) is 4.90 Å². The zero-order valence-corrected chi connectivity index (χ0v) is 9.21. The van der Waals surface area contributed by atoms with Crippen molar-refractivity contribution in [3.8, 4) is 0 Å². The molecule has 0 aromatic carbocycles. The molecular weight excluding hydrogens is 221 g/mol. The molecule has 2 unspecified atom stereocenters. The normalized spacial score (nSPS) is 24.9. The minimum atomic E-state index is -4.20. The third-order valence-electron chi connectivity index (χ3n) is 3.13. The molecule has 0 saturated carbocycles. The predicted octanol–water partition coefficient (Wildman–Crippen LogP) is 0.828. The maximum absolute atomic E-state index is 12.5. The molecule has 96 valence electrons. The monoisotopic (exact) mass is 240 g/mol. The number of likely N-dealkylation sites (tertiary alicyclic amines) is 1. The minimum Gasteiger partial charge on any atom is -0.396 e. The first-order valence-corrected chi connectivity index (χ1v) is 5.57. The summed E-state index contributed by atoms with van der Waals surface area (Å²) in [6.07, 6.45) is -2.66. The Morgan fingerprint density at radius 2 is 2.12 bits per heavy atom. The average molecular weight is 240 g/mol. The molecule has 0 bridgehead atoms. The summed E-state index contributed by atoms with van der Waals surface area (Å²) in [6.45, 7) is 1.06. The third-order valence-corrected chi connectivity index (χ3v) is 3.13. The van der Waals surface area contributed by atoms with Crippen LogP contribution >= 0.6 is 0 Å². The maximum Gasteiger partial charge on any atom is 0.394 e. The molecule has 0 amide bonds. The van der Waals surface area contributed by atoms with Crippen LogP contribution in [0, 0.1) is 11.8 Å². The molecule has 0 radical (unpaired) electrons. The summed E-state index contributed by atoms with van der Waals surface area (Å²) in [5, 5.41) is 8.75. The number of alkyl halides is 3. The fourth-order valence-electron chi connectivity index (χ4n) is 2.12. The molecule has 0 aromatic rings. The second kappa shape index (κ2) is 5.84. The highest BCUT2D eigenvalue weighted by molar-refractivity contribution is 4.80. The van der Waals surface area contributed by atoms with Crippen molar-refractivity contribution in [3.05, 3.63) is 0 Å². The van der Waals surface area contributed by atoms with Crippen LogP contribution in [0.3, 0.4) is 0 Å². The molecule has 1 saturated heterocycles. The zero-order valence-electron chi connectivity index (χ0n) is 9.21. The summed E-state index contributed by atoms with van der Waals surface area (Å²) in [7, 11) is 0. The number of hydrogen-bond acceptors (Lipinski definition) is 3. The number of aliphatic hydroxyl groups is 1. The third kappa shape index (κ3) is 3.92. The van der Waals surface area contributed by atoms with Gasteiger partial charge in [-0.2, -0.15) is 13.2 Å². The number of halogens is 3. The zero-order chi connectivity index (χ0) is 12.2. The van der Waals surface area contributed by atoms with E-state index >= 15 is 0 Å². The first kappa shape index (κ1) is 13.7. The van der Waals surface area contributed by atoms with E-state index in [0.29, 0.717) is 25.4 Å². The van der Waals surface area contributed by atoms with E-state index in [-0.39, 0.29) is 19.7 Å². The molecule has 2 atom stereocenters. The van der Waals surface area contributed by atoms with Crippen LogP contribution in [0.2, 0.25) is 0 Å². The Labute approximate surface area is 93.4 Å². The lowest BCUT2D eigenvalue weighted by molar-refractivity contribution is -0.175. The van der Waals surface area contributed by atoms with Gasteiger partial charge in [0.25, 0.3) is 0 Å². The van der Waals surface area contributed by atoms with Crippen LogP contribution in [0.5, 0.6) is 0 Å². The Bertz CT molecular complexity index is 211. The van der Waals surface area contributed by atoms with Gasteiger partial charge in [-0.05, 0) is 25.3 Å². The van der Waals surface area contributed by atoms with E-state index in [0.717, 1.165) is 6.42 Å². The molecule has 1 heterocycles. The van der Waals surface area contributed by atoms with Crippen LogP contribution < -0.4 is 5.73 Å². The molecule has 3 N–H and O–H groups in total. The molecule has 6 heteroatoms. The summed E-state index contributed by atoms with van der Waals surface area (Å²) >= 11 is 0. The van der Waals surface area contributed by atoms with Crippen molar-refractivity contribution in [2.75, 3.05) is 32.8 Å². The van der Waals surface area contributed by atoms with Crippen molar-refractivity contribution in [1.29, 1.82) is 0 Å². The summed E-state index contributed by atoms with van der Waals surface area (Å²) in [6, 6.07) is 0. The van der Waals surface area contributed by atoms with E-state index in [4.69, 9.17) is 10.8 Å². The summed E-state index contributed by atoms with van der Waals surface area (Å²) in [5.74, 6) is -1.10. The van der Waals surface area contributed by atoms with Crippen LogP contribution in [0.15, 0.2) is 0 Å². The molecule has 3 nitrogen and oxygen atoms in total. The summed E-state index contributed by atoms with van der Waals surface area (Å²) in [5.41, 5.74) is 5.14. The molecule has 1 aliphatic heterocycles. The number of nitrogens with zero attached hydrogens (tertiary/aromatic N) is 1. The topological polar surface area (TPSA) is 49.5 Å². The van der Waals surface area contributed by atoms with Gasteiger partial charge in [0.2, 0.25) is 0 Å². The molecular formula is C10H19F3N2O. The number of hydrogen-bond donors (Lipinski definition) is 2. The van der Waals surface area contributed by atoms with Crippen LogP contribution in [0.4, 0.5) is 13.2 Å². The summed E-state index contributed by atoms with van der Waals surface area (Å²) in [4.78, 5) is 1.80. The van der Waals surface area contributed by atoms with E-state index in [1.165, 1.54) is 0 Å². The van der Waals surface area contributed by atoms with Gasteiger partial charge in [0.1, 0.15) is 0 Å². The highest BCUT2D eigenvalue weighted by Crippen LogP contribution is 2.28. The van der Waals surface area contributed by atoms with E-state index < -0.39 is 12.1 Å². The van der Waals surface area contributed by atoms with Crippen molar-refractivity contribution < 1.29 is 18.3 Å². The predicted molar refractivity (Wildman–Crippen MR) is 54.8 cm³/mol. The van der Waals surface area contributed by atoms with Crippen LogP contribution in [0.25, 0.3) is 0 Å². The highest BCUT2D eigenvalue weighted by atomic mass is 19.4. The minimum absolute atomic E-state index is 0.0120. The lowest BCUT2D eigenvalue weighted by Gasteiger charge is -2.24. The highest BCUT2D eigenvalue weighted by Gasteiger charge is 2.40. The average Bonchev–Trinajstić information content (AvgIpc) is 2.61. The maximum atomic E-state index is 12.5. The largest absolute Gasteiger partial charge is 0.396 e. The Hall–Kier alpha value is -0.330. The standard InChI is InChI=1S/C10H19F3N2O/c11-10(12,13)9(5-14)7-15-3-1-8(6-15)2-4-16/h8-9,16H,1-7,14H2. The van der Waals surface area contributed by atoms with Crippen molar-refractivity contribution >= 4 is 0 Å². The van der Waals surface area contributed by atoms with Gasteiger partial charge in [0.05, 0.1) is 5.92 Å². The van der Waals surface area contributed by atoms with Gasteiger partial charge in [0, 0.05) is 26.2 Å². The Morgan fingerprint density at radius 3 is 2.62 bits per heavy atom. The second-order valence-electron chi connectivity index (χ2n) is 4.40.